The van der Waals surface area contributed by atoms with Crippen LogP contribution < -0.4 is 5.73 Å². The molecule has 0 spiro atoms. The second kappa shape index (κ2) is 3.96. The minimum Gasteiger partial charge on any atom is -0.459 e. The first-order valence-corrected chi connectivity index (χ1v) is 6.84. The maximum absolute atomic E-state index is 5.89. The quantitative estimate of drug-likeness (QED) is 0.908. The van der Waals surface area contributed by atoms with Gasteiger partial charge in [0, 0.05) is 17.3 Å². The number of nitrogens with two attached hydrogens (primary N) is 1. The fourth-order valence-corrected chi connectivity index (χ4v) is 3.25. The summed E-state index contributed by atoms with van der Waals surface area (Å²) in [6.07, 6.45) is 3.61. The zero-order valence-corrected chi connectivity index (χ0v) is 10.7. The molecule has 0 aliphatic heterocycles. The molecule has 0 unspecified atom stereocenters. The Morgan fingerprint density at radius 2 is 2.29 bits per heavy atom. The smallest absolute Gasteiger partial charge is 0.162 e. The minimum absolute atomic E-state index is 0.149. The number of rotatable bonds is 3. The highest BCUT2D eigenvalue weighted by Gasteiger charge is 2.39. The van der Waals surface area contributed by atoms with Crippen LogP contribution >= 0.6 is 11.3 Å². The predicted octanol–water partition coefficient (Wildman–Crippen LogP) is 3.09. The number of aromatic nitrogens is 1. The van der Waals surface area contributed by atoms with Gasteiger partial charge in [-0.1, -0.05) is 6.42 Å². The fraction of sp³-hybridized carbons (Fsp3) is 0.462. The Hall–Kier alpha value is -1.13. The number of thiazole rings is 1. The number of furan rings is 1. The average molecular weight is 248 g/mol. The van der Waals surface area contributed by atoms with Gasteiger partial charge in [-0.25, -0.2) is 4.98 Å². The molecule has 4 heteroatoms. The van der Waals surface area contributed by atoms with Crippen LogP contribution in [0.1, 0.15) is 30.7 Å². The Morgan fingerprint density at radius 3 is 2.82 bits per heavy atom. The summed E-state index contributed by atoms with van der Waals surface area (Å²) in [6.45, 7) is 2.65. The van der Waals surface area contributed by atoms with Gasteiger partial charge in [0.1, 0.15) is 5.76 Å². The highest BCUT2D eigenvalue weighted by atomic mass is 32.1. The lowest BCUT2D eigenvalue weighted by atomic mass is 9.67. The third-order valence-corrected chi connectivity index (χ3v) is 4.56. The highest BCUT2D eigenvalue weighted by molar-refractivity contribution is 7.13. The molecule has 1 aliphatic rings. The number of aryl methyl sites for hydroxylation is 1. The molecule has 1 aliphatic carbocycles. The van der Waals surface area contributed by atoms with Crippen LogP contribution in [0.3, 0.4) is 0 Å². The van der Waals surface area contributed by atoms with E-state index in [-0.39, 0.29) is 5.41 Å². The highest BCUT2D eigenvalue weighted by Crippen LogP contribution is 2.43. The average Bonchev–Trinajstić information content (AvgIpc) is 2.86. The summed E-state index contributed by atoms with van der Waals surface area (Å²) in [7, 11) is 0. The van der Waals surface area contributed by atoms with Gasteiger partial charge in [0.05, 0.1) is 5.69 Å². The van der Waals surface area contributed by atoms with Gasteiger partial charge in [-0.3, -0.25) is 0 Å². The summed E-state index contributed by atoms with van der Waals surface area (Å²) in [4.78, 5) is 4.70. The Labute approximate surface area is 105 Å². The van der Waals surface area contributed by atoms with Crippen LogP contribution in [0, 0.1) is 6.92 Å². The van der Waals surface area contributed by atoms with Crippen molar-refractivity contribution in [3.8, 4) is 10.8 Å². The van der Waals surface area contributed by atoms with Crippen molar-refractivity contribution >= 4 is 11.3 Å². The van der Waals surface area contributed by atoms with E-state index >= 15 is 0 Å². The van der Waals surface area contributed by atoms with Gasteiger partial charge in [0.25, 0.3) is 0 Å². The van der Waals surface area contributed by atoms with Crippen LogP contribution in [0.15, 0.2) is 21.9 Å². The number of hydrogen-bond donors (Lipinski definition) is 1. The molecule has 0 aromatic carbocycles. The van der Waals surface area contributed by atoms with Crippen LogP contribution in [0.25, 0.3) is 10.8 Å². The van der Waals surface area contributed by atoms with Crippen LogP contribution in [-0.4, -0.2) is 11.5 Å². The molecule has 17 heavy (non-hydrogen) atoms. The van der Waals surface area contributed by atoms with Crippen molar-refractivity contribution in [1.82, 2.24) is 4.98 Å². The second-order valence-corrected chi connectivity index (χ2v) is 5.64. The van der Waals surface area contributed by atoms with Gasteiger partial charge >= 0.3 is 0 Å². The van der Waals surface area contributed by atoms with Crippen molar-refractivity contribution in [3.05, 3.63) is 29.0 Å². The monoisotopic (exact) mass is 248 g/mol. The summed E-state index contributed by atoms with van der Waals surface area (Å²) in [5.74, 6) is 1.79. The topological polar surface area (TPSA) is 52.0 Å². The molecular weight excluding hydrogens is 232 g/mol. The van der Waals surface area contributed by atoms with Crippen molar-refractivity contribution in [3.63, 3.8) is 0 Å². The van der Waals surface area contributed by atoms with E-state index in [9.17, 15) is 0 Å². The van der Waals surface area contributed by atoms with Crippen molar-refractivity contribution in [2.24, 2.45) is 5.73 Å². The third kappa shape index (κ3) is 1.72. The molecule has 90 valence electrons. The molecule has 2 heterocycles. The summed E-state index contributed by atoms with van der Waals surface area (Å²) in [6, 6.07) is 3.95. The molecule has 0 bridgehead atoms. The lowest BCUT2D eigenvalue weighted by Crippen LogP contribution is -2.41. The maximum Gasteiger partial charge on any atom is 0.162 e. The molecule has 0 amide bonds. The first-order chi connectivity index (χ1) is 8.23. The molecule has 0 radical (unpaired) electrons. The van der Waals surface area contributed by atoms with Crippen molar-refractivity contribution in [1.29, 1.82) is 0 Å². The lowest BCUT2D eigenvalue weighted by molar-refractivity contribution is 0.247. The van der Waals surface area contributed by atoms with E-state index in [1.54, 1.807) is 11.3 Å². The normalized spacial score (nSPS) is 18.0. The van der Waals surface area contributed by atoms with Crippen LogP contribution in [0.4, 0.5) is 0 Å². The van der Waals surface area contributed by atoms with Crippen molar-refractivity contribution in [2.75, 3.05) is 6.54 Å². The van der Waals surface area contributed by atoms with Gasteiger partial charge < -0.3 is 10.2 Å². The molecule has 3 rings (SSSR count). The number of nitrogens with zero attached hydrogens (tertiary/aromatic N) is 1. The Balaban J connectivity index is 1.92. The zero-order valence-electron chi connectivity index (χ0n) is 9.90. The standard InChI is InChI=1S/C13H16N2OS/c1-9-3-4-10(16-9)12-15-11(7-17-12)13(8-14)5-2-6-13/h3-4,7H,2,5-6,8,14H2,1H3. The molecule has 1 saturated carbocycles. The summed E-state index contributed by atoms with van der Waals surface area (Å²) in [5, 5.41) is 3.10. The van der Waals surface area contributed by atoms with E-state index < -0.39 is 0 Å². The minimum atomic E-state index is 0.149. The molecule has 2 N–H and O–H groups in total. The molecular formula is C13H16N2OS. The largest absolute Gasteiger partial charge is 0.459 e. The molecule has 2 aromatic heterocycles. The first-order valence-electron chi connectivity index (χ1n) is 5.96. The van der Waals surface area contributed by atoms with E-state index in [4.69, 9.17) is 15.1 Å². The SMILES string of the molecule is Cc1ccc(-c2nc(C3(CN)CCC3)cs2)o1. The Morgan fingerprint density at radius 1 is 1.47 bits per heavy atom. The second-order valence-electron chi connectivity index (χ2n) is 4.79. The van der Waals surface area contributed by atoms with Crippen LogP contribution in [0.2, 0.25) is 0 Å². The van der Waals surface area contributed by atoms with Gasteiger partial charge in [-0.15, -0.1) is 11.3 Å². The number of hydrogen-bond acceptors (Lipinski definition) is 4. The summed E-state index contributed by atoms with van der Waals surface area (Å²) in [5.41, 5.74) is 7.20. The van der Waals surface area contributed by atoms with Gasteiger partial charge in [0.2, 0.25) is 0 Å². The van der Waals surface area contributed by atoms with Crippen LogP contribution in [-0.2, 0) is 5.41 Å². The first kappa shape index (κ1) is 11.0. The fourth-order valence-electron chi connectivity index (χ4n) is 2.35. The molecule has 0 saturated heterocycles. The predicted molar refractivity (Wildman–Crippen MR) is 69.1 cm³/mol. The van der Waals surface area contributed by atoms with E-state index in [0.717, 1.165) is 22.2 Å². The van der Waals surface area contributed by atoms with Crippen molar-refractivity contribution < 1.29 is 4.42 Å². The van der Waals surface area contributed by atoms with E-state index in [1.165, 1.54) is 19.3 Å². The molecule has 2 aromatic rings. The van der Waals surface area contributed by atoms with Crippen LogP contribution in [0.5, 0.6) is 0 Å². The molecule has 1 fully saturated rings. The van der Waals surface area contributed by atoms with E-state index in [2.05, 4.69) is 5.38 Å². The van der Waals surface area contributed by atoms with E-state index in [0.29, 0.717) is 6.54 Å². The van der Waals surface area contributed by atoms with Crippen molar-refractivity contribution in [2.45, 2.75) is 31.6 Å². The van der Waals surface area contributed by atoms with Gasteiger partial charge in [0.15, 0.2) is 10.8 Å². The third-order valence-electron chi connectivity index (χ3n) is 3.70. The summed E-state index contributed by atoms with van der Waals surface area (Å²) < 4.78 is 5.60. The van der Waals surface area contributed by atoms with E-state index in [1.807, 2.05) is 19.1 Å². The molecule has 3 nitrogen and oxygen atoms in total. The molecule has 0 atom stereocenters. The Kier molecular flexibility index (Phi) is 2.56. The lowest BCUT2D eigenvalue weighted by Gasteiger charge is -2.39. The maximum atomic E-state index is 5.89. The summed E-state index contributed by atoms with van der Waals surface area (Å²) >= 11 is 1.65. The Bertz CT molecular complexity index is 520. The zero-order chi connectivity index (χ0) is 11.9. The van der Waals surface area contributed by atoms with Gasteiger partial charge in [-0.2, -0.15) is 0 Å². The van der Waals surface area contributed by atoms with Gasteiger partial charge in [-0.05, 0) is 31.9 Å².